The van der Waals surface area contributed by atoms with Gasteiger partial charge in [0.2, 0.25) is 10.0 Å². The molecular formula is C23H28N2O4S. The molecule has 2 aliphatic rings. The van der Waals surface area contributed by atoms with E-state index in [4.69, 9.17) is 4.74 Å². The first kappa shape index (κ1) is 20.9. The quantitative estimate of drug-likeness (QED) is 0.731. The molecule has 160 valence electrons. The van der Waals surface area contributed by atoms with Crippen LogP contribution < -0.4 is 9.64 Å². The van der Waals surface area contributed by atoms with Crippen molar-refractivity contribution in [3.8, 4) is 5.75 Å². The smallest absolute Gasteiger partial charge is 0.267 e. The number of rotatable bonds is 5. The van der Waals surface area contributed by atoms with Crippen LogP contribution in [0.1, 0.15) is 37.3 Å². The molecule has 1 unspecified atom stereocenters. The Labute approximate surface area is 178 Å². The van der Waals surface area contributed by atoms with E-state index >= 15 is 0 Å². The second-order valence-corrected chi connectivity index (χ2v) is 10.0. The van der Waals surface area contributed by atoms with Gasteiger partial charge in [-0.05, 0) is 69.0 Å². The van der Waals surface area contributed by atoms with Gasteiger partial charge in [-0.25, -0.2) is 8.42 Å². The van der Waals surface area contributed by atoms with Crippen LogP contribution >= 0.6 is 0 Å². The number of hydrogen-bond acceptors (Lipinski definition) is 4. The average Bonchev–Trinajstić information content (AvgIpc) is 3.18. The summed E-state index contributed by atoms with van der Waals surface area (Å²) in [5.74, 6) is 0.532. The van der Waals surface area contributed by atoms with E-state index in [9.17, 15) is 13.2 Å². The van der Waals surface area contributed by atoms with Crippen LogP contribution in [0.25, 0.3) is 0 Å². The maximum absolute atomic E-state index is 13.0. The van der Waals surface area contributed by atoms with Crippen molar-refractivity contribution < 1.29 is 17.9 Å². The van der Waals surface area contributed by atoms with Crippen molar-refractivity contribution in [1.82, 2.24) is 4.31 Å². The monoisotopic (exact) mass is 428 g/mol. The molecule has 2 aromatic carbocycles. The van der Waals surface area contributed by atoms with Crippen LogP contribution in [-0.2, 0) is 21.2 Å². The second kappa shape index (κ2) is 8.40. The van der Waals surface area contributed by atoms with Gasteiger partial charge in [0.15, 0.2) is 6.10 Å². The molecular weight excluding hydrogens is 400 g/mol. The summed E-state index contributed by atoms with van der Waals surface area (Å²) in [6.45, 7) is 5.44. The van der Waals surface area contributed by atoms with Gasteiger partial charge in [-0.2, -0.15) is 4.31 Å². The van der Waals surface area contributed by atoms with Gasteiger partial charge >= 0.3 is 0 Å². The molecule has 6 nitrogen and oxygen atoms in total. The highest BCUT2D eigenvalue weighted by Gasteiger charge is 2.32. The normalized spacial score (nSPS) is 18.1. The lowest BCUT2D eigenvalue weighted by Gasteiger charge is -2.26. The van der Waals surface area contributed by atoms with Crippen molar-refractivity contribution >= 4 is 21.6 Å². The highest BCUT2D eigenvalue weighted by molar-refractivity contribution is 7.89. The van der Waals surface area contributed by atoms with Crippen LogP contribution in [0.15, 0.2) is 47.4 Å². The lowest BCUT2D eigenvalue weighted by atomic mass is 10.2. The molecule has 1 saturated heterocycles. The minimum Gasteiger partial charge on any atom is -0.481 e. The topological polar surface area (TPSA) is 66.9 Å². The van der Waals surface area contributed by atoms with Crippen molar-refractivity contribution in [3.05, 3.63) is 53.6 Å². The zero-order valence-corrected chi connectivity index (χ0v) is 18.3. The SMILES string of the molecule is Cc1ccc(OC(C)C(=O)N2CCc3cc(S(=O)(=O)N4CCCCC4)ccc32)cc1. The fourth-order valence-corrected chi connectivity index (χ4v) is 5.68. The van der Waals surface area contributed by atoms with Crippen LogP contribution in [0.2, 0.25) is 0 Å². The first-order valence-electron chi connectivity index (χ1n) is 10.5. The Hall–Kier alpha value is -2.38. The number of benzene rings is 2. The van der Waals surface area contributed by atoms with E-state index in [-0.39, 0.29) is 5.91 Å². The number of nitrogens with zero attached hydrogens (tertiary/aromatic N) is 2. The zero-order valence-electron chi connectivity index (χ0n) is 17.5. The predicted octanol–water partition coefficient (Wildman–Crippen LogP) is 3.53. The minimum absolute atomic E-state index is 0.124. The molecule has 0 aromatic heterocycles. The Morgan fingerprint density at radius 1 is 1.00 bits per heavy atom. The van der Waals surface area contributed by atoms with Gasteiger partial charge in [-0.1, -0.05) is 24.1 Å². The number of sulfonamides is 1. The lowest BCUT2D eigenvalue weighted by Crippen LogP contribution is -2.39. The van der Waals surface area contributed by atoms with E-state index in [0.29, 0.717) is 36.7 Å². The van der Waals surface area contributed by atoms with Crippen molar-refractivity contribution in [2.24, 2.45) is 0 Å². The molecule has 30 heavy (non-hydrogen) atoms. The Balaban J connectivity index is 1.50. The Morgan fingerprint density at radius 3 is 2.40 bits per heavy atom. The molecule has 0 N–H and O–H groups in total. The van der Waals surface area contributed by atoms with Gasteiger partial charge in [0.25, 0.3) is 5.91 Å². The molecule has 0 saturated carbocycles. The lowest BCUT2D eigenvalue weighted by molar-refractivity contribution is -0.124. The number of carbonyl (C=O) groups is 1. The van der Waals surface area contributed by atoms with Crippen LogP contribution in [0.3, 0.4) is 0 Å². The molecule has 4 rings (SSSR count). The third-order valence-electron chi connectivity index (χ3n) is 5.85. The van der Waals surface area contributed by atoms with E-state index in [1.54, 1.807) is 34.3 Å². The standard InChI is InChI=1S/C23H28N2O4S/c1-17-6-8-20(9-7-17)29-18(2)23(26)25-15-12-19-16-21(10-11-22(19)25)30(27,28)24-13-4-3-5-14-24/h6-11,16,18H,3-5,12-15H2,1-2H3. The largest absolute Gasteiger partial charge is 0.481 e. The van der Waals surface area contributed by atoms with E-state index in [2.05, 4.69) is 0 Å². The van der Waals surface area contributed by atoms with Crippen molar-refractivity contribution in [2.75, 3.05) is 24.5 Å². The summed E-state index contributed by atoms with van der Waals surface area (Å²) in [5.41, 5.74) is 2.80. The summed E-state index contributed by atoms with van der Waals surface area (Å²) in [6.07, 6.45) is 2.91. The summed E-state index contributed by atoms with van der Waals surface area (Å²) in [5, 5.41) is 0. The van der Waals surface area contributed by atoms with Gasteiger partial charge in [0, 0.05) is 25.3 Å². The van der Waals surface area contributed by atoms with Crippen LogP contribution in [0.5, 0.6) is 5.75 Å². The average molecular weight is 429 g/mol. The summed E-state index contributed by atoms with van der Waals surface area (Å²) in [7, 11) is -3.48. The summed E-state index contributed by atoms with van der Waals surface area (Å²) >= 11 is 0. The molecule has 2 aliphatic heterocycles. The van der Waals surface area contributed by atoms with Gasteiger partial charge in [-0.15, -0.1) is 0 Å². The van der Waals surface area contributed by atoms with Gasteiger partial charge in [-0.3, -0.25) is 4.79 Å². The molecule has 0 spiro atoms. The highest BCUT2D eigenvalue weighted by Crippen LogP contribution is 2.32. The number of amides is 1. The Morgan fingerprint density at radius 2 is 1.70 bits per heavy atom. The van der Waals surface area contributed by atoms with Crippen LogP contribution in [0, 0.1) is 6.92 Å². The van der Waals surface area contributed by atoms with Gasteiger partial charge in [0.05, 0.1) is 4.90 Å². The van der Waals surface area contributed by atoms with E-state index in [0.717, 1.165) is 36.1 Å². The molecule has 0 aliphatic carbocycles. The minimum atomic E-state index is -3.48. The van der Waals surface area contributed by atoms with Gasteiger partial charge in [0.1, 0.15) is 5.75 Å². The Kier molecular flexibility index (Phi) is 5.84. The maximum Gasteiger partial charge on any atom is 0.267 e. The Bertz CT molecular complexity index is 1030. The molecule has 2 aromatic rings. The third-order valence-corrected chi connectivity index (χ3v) is 7.74. The zero-order chi connectivity index (χ0) is 21.3. The molecule has 1 atom stereocenters. The molecule has 0 bridgehead atoms. The van der Waals surface area contributed by atoms with E-state index in [1.807, 2.05) is 31.2 Å². The number of fused-ring (bicyclic) bond motifs is 1. The predicted molar refractivity (Wildman–Crippen MR) is 116 cm³/mol. The number of anilines is 1. The third kappa shape index (κ3) is 4.09. The van der Waals surface area contributed by atoms with E-state index < -0.39 is 16.1 Å². The maximum atomic E-state index is 13.0. The first-order valence-corrected chi connectivity index (χ1v) is 12.0. The second-order valence-electron chi connectivity index (χ2n) is 8.07. The highest BCUT2D eigenvalue weighted by atomic mass is 32.2. The van der Waals surface area contributed by atoms with Crippen molar-refractivity contribution in [3.63, 3.8) is 0 Å². The molecule has 1 fully saturated rings. The number of ether oxygens (including phenoxy) is 1. The summed E-state index contributed by atoms with van der Waals surface area (Å²) in [6, 6.07) is 12.7. The fraction of sp³-hybridized carbons (Fsp3) is 0.435. The van der Waals surface area contributed by atoms with E-state index in [1.165, 1.54) is 0 Å². The fourth-order valence-electron chi connectivity index (χ4n) is 4.11. The summed E-state index contributed by atoms with van der Waals surface area (Å²) < 4.78 is 33.3. The van der Waals surface area contributed by atoms with Gasteiger partial charge < -0.3 is 9.64 Å². The molecule has 0 radical (unpaired) electrons. The number of carbonyl (C=O) groups excluding carboxylic acids is 1. The van der Waals surface area contributed by atoms with Crippen LogP contribution in [0.4, 0.5) is 5.69 Å². The number of aryl methyl sites for hydroxylation is 1. The first-order chi connectivity index (χ1) is 14.4. The number of piperidine rings is 1. The van der Waals surface area contributed by atoms with Crippen LogP contribution in [-0.4, -0.2) is 44.4 Å². The van der Waals surface area contributed by atoms with Crippen molar-refractivity contribution in [2.45, 2.75) is 50.5 Å². The molecule has 1 amide bonds. The van der Waals surface area contributed by atoms with Crippen molar-refractivity contribution in [1.29, 1.82) is 0 Å². The summed E-state index contributed by atoms with van der Waals surface area (Å²) in [4.78, 5) is 15.0. The molecule has 7 heteroatoms. The number of hydrogen-bond donors (Lipinski definition) is 0. The molecule has 2 heterocycles.